The number of aryl methyl sites for hydroxylation is 1. The van der Waals surface area contributed by atoms with E-state index < -0.39 is 0 Å². The van der Waals surface area contributed by atoms with Crippen molar-refractivity contribution in [2.24, 2.45) is 0 Å². The SMILES string of the molecule is Cc1ccccc1CC(=O)N1CCN(c2ccc(-c3ccco3)nn2)CC1. The van der Waals surface area contributed by atoms with E-state index in [1.165, 1.54) is 0 Å². The minimum absolute atomic E-state index is 0.184. The first kappa shape index (κ1) is 17.3. The van der Waals surface area contributed by atoms with Gasteiger partial charge in [-0.3, -0.25) is 4.79 Å². The largest absolute Gasteiger partial charge is 0.463 e. The molecule has 1 amide bonds. The van der Waals surface area contributed by atoms with E-state index in [0.29, 0.717) is 25.3 Å². The molecule has 6 nitrogen and oxygen atoms in total. The number of hydrogen-bond donors (Lipinski definition) is 0. The molecule has 3 aromatic rings. The van der Waals surface area contributed by atoms with Crippen LogP contribution >= 0.6 is 0 Å². The third-order valence-electron chi connectivity index (χ3n) is 4.98. The fourth-order valence-electron chi connectivity index (χ4n) is 3.32. The maximum absolute atomic E-state index is 12.6. The number of piperazine rings is 1. The van der Waals surface area contributed by atoms with E-state index in [1.54, 1.807) is 6.26 Å². The Labute approximate surface area is 158 Å². The molecule has 0 bridgehead atoms. The lowest BCUT2D eigenvalue weighted by Gasteiger charge is -2.35. The van der Waals surface area contributed by atoms with Crippen LogP contribution in [0.3, 0.4) is 0 Å². The van der Waals surface area contributed by atoms with Crippen molar-refractivity contribution < 1.29 is 9.21 Å². The highest BCUT2D eigenvalue weighted by Gasteiger charge is 2.22. The first-order chi connectivity index (χ1) is 13.2. The third-order valence-corrected chi connectivity index (χ3v) is 4.98. The van der Waals surface area contributed by atoms with Gasteiger partial charge in [-0.2, -0.15) is 0 Å². The predicted octanol–water partition coefficient (Wildman–Crippen LogP) is 2.94. The summed E-state index contributed by atoms with van der Waals surface area (Å²) >= 11 is 0. The minimum atomic E-state index is 0.184. The predicted molar refractivity (Wildman–Crippen MR) is 103 cm³/mol. The number of aromatic nitrogens is 2. The van der Waals surface area contributed by atoms with Gasteiger partial charge in [0, 0.05) is 26.2 Å². The van der Waals surface area contributed by atoms with E-state index >= 15 is 0 Å². The Morgan fingerprint density at radius 1 is 1.00 bits per heavy atom. The normalized spacial score (nSPS) is 14.4. The molecule has 0 spiro atoms. The maximum atomic E-state index is 12.6. The van der Waals surface area contributed by atoms with Crippen molar-refractivity contribution in [2.75, 3.05) is 31.1 Å². The van der Waals surface area contributed by atoms with E-state index in [2.05, 4.69) is 15.1 Å². The van der Waals surface area contributed by atoms with E-state index in [9.17, 15) is 4.79 Å². The molecule has 1 aliphatic heterocycles. The van der Waals surface area contributed by atoms with Crippen LogP contribution in [0.1, 0.15) is 11.1 Å². The van der Waals surface area contributed by atoms with Crippen LogP contribution in [-0.2, 0) is 11.2 Å². The lowest BCUT2D eigenvalue weighted by molar-refractivity contribution is -0.130. The molecule has 27 heavy (non-hydrogen) atoms. The van der Waals surface area contributed by atoms with Gasteiger partial charge in [0.25, 0.3) is 0 Å². The van der Waals surface area contributed by atoms with Gasteiger partial charge < -0.3 is 14.2 Å². The minimum Gasteiger partial charge on any atom is -0.463 e. The van der Waals surface area contributed by atoms with Crippen molar-refractivity contribution in [3.8, 4) is 11.5 Å². The number of nitrogens with zero attached hydrogens (tertiary/aromatic N) is 4. The average Bonchev–Trinajstić information content (AvgIpc) is 3.25. The summed E-state index contributed by atoms with van der Waals surface area (Å²) in [7, 11) is 0. The summed E-state index contributed by atoms with van der Waals surface area (Å²) in [6.07, 6.45) is 2.09. The summed E-state index contributed by atoms with van der Waals surface area (Å²) in [5.41, 5.74) is 2.98. The molecule has 1 aliphatic rings. The van der Waals surface area contributed by atoms with Crippen LogP contribution in [-0.4, -0.2) is 47.2 Å². The Kier molecular flexibility index (Phi) is 4.87. The van der Waals surface area contributed by atoms with Gasteiger partial charge in [0.15, 0.2) is 11.6 Å². The number of carbonyl (C=O) groups excluding carboxylic acids is 1. The molecule has 0 N–H and O–H groups in total. The lowest BCUT2D eigenvalue weighted by Crippen LogP contribution is -2.49. The Morgan fingerprint density at radius 2 is 1.81 bits per heavy atom. The molecular formula is C21H22N4O2. The van der Waals surface area contributed by atoms with E-state index in [-0.39, 0.29) is 5.91 Å². The molecule has 0 aliphatic carbocycles. The van der Waals surface area contributed by atoms with Crippen molar-refractivity contribution in [2.45, 2.75) is 13.3 Å². The molecule has 6 heteroatoms. The van der Waals surface area contributed by atoms with E-state index in [1.807, 2.05) is 60.4 Å². The van der Waals surface area contributed by atoms with Gasteiger partial charge in [0.1, 0.15) is 5.69 Å². The number of furan rings is 1. The van der Waals surface area contributed by atoms with Crippen LogP contribution in [0.15, 0.2) is 59.2 Å². The molecule has 0 saturated carbocycles. The molecule has 0 unspecified atom stereocenters. The number of benzene rings is 1. The van der Waals surface area contributed by atoms with Crippen LogP contribution in [0, 0.1) is 6.92 Å². The summed E-state index contributed by atoms with van der Waals surface area (Å²) in [4.78, 5) is 16.7. The fraction of sp³-hybridized carbons (Fsp3) is 0.286. The average molecular weight is 362 g/mol. The van der Waals surface area contributed by atoms with Gasteiger partial charge >= 0.3 is 0 Å². The Hall–Kier alpha value is -3.15. The summed E-state index contributed by atoms with van der Waals surface area (Å²) in [5, 5.41) is 8.57. The Bertz CT molecular complexity index is 898. The standard InChI is InChI=1S/C21H22N4O2/c1-16-5-2-3-6-17(16)15-21(26)25-12-10-24(11-13-25)20-9-8-18(22-23-20)19-7-4-14-27-19/h2-9,14H,10-13,15H2,1H3. The van der Waals surface area contributed by atoms with Gasteiger partial charge in [-0.05, 0) is 42.3 Å². The molecule has 0 atom stereocenters. The van der Waals surface area contributed by atoms with Crippen LogP contribution in [0.25, 0.3) is 11.5 Å². The van der Waals surface area contributed by atoms with E-state index in [0.717, 1.165) is 35.7 Å². The second kappa shape index (κ2) is 7.61. The maximum Gasteiger partial charge on any atom is 0.227 e. The van der Waals surface area contributed by atoms with Crippen molar-refractivity contribution >= 4 is 11.7 Å². The second-order valence-electron chi connectivity index (χ2n) is 6.73. The van der Waals surface area contributed by atoms with Gasteiger partial charge in [-0.15, -0.1) is 10.2 Å². The van der Waals surface area contributed by atoms with Gasteiger partial charge in [0.2, 0.25) is 5.91 Å². The van der Waals surface area contributed by atoms with Crippen LogP contribution in [0.2, 0.25) is 0 Å². The van der Waals surface area contributed by atoms with Crippen molar-refractivity contribution in [1.29, 1.82) is 0 Å². The number of carbonyl (C=O) groups is 1. The van der Waals surface area contributed by atoms with Crippen molar-refractivity contribution in [3.63, 3.8) is 0 Å². The third kappa shape index (κ3) is 3.84. The first-order valence-corrected chi connectivity index (χ1v) is 9.15. The quantitative estimate of drug-likeness (QED) is 0.714. The molecule has 4 rings (SSSR count). The summed E-state index contributed by atoms with van der Waals surface area (Å²) in [6, 6.07) is 15.6. The zero-order valence-electron chi connectivity index (χ0n) is 15.3. The van der Waals surface area contributed by atoms with Gasteiger partial charge in [-0.25, -0.2) is 0 Å². The lowest BCUT2D eigenvalue weighted by atomic mass is 10.1. The highest BCUT2D eigenvalue weighted by Crippen LogP contribution is 2.20. The van der Waals surface area contributed by atoms with Crippen molar-refractivity contribution in [1.82, 2.24) is 15.1 Å². The Morgan fingerprint density at radius 3 is 2.48 bits per heavy atom. The first-order valence-electron chi connectivity index (χ1n) is 9.15. The summed E-state index contributed by atoms with van der Waals surface area (Å²) < 4.78 is 5.34. The summed E-state index contributed by atoms with van der Waals surface area (Å²) in [6.45, 7) is 4.97. The number of amides is 1. The highest BCUT2D eigenvalue weighted by atomic mass is 16.3. The van der Waals surface area contributed by atoms with Crippen LogP contribution in [0.5, 0.6) is 0 Å². The van der Waals surface area contributed by atoms with Crippen LogP contribution in [0.4, 0.5) is 5.82 Å². The Balaban J connectivity index is 1.34. The zero-order chi connectivity index (χ0) is 18.6. The number of hydrogen-bond acceptors (Lipinski definition) is 5. The molecule has 0 radical (unpaired) electrons. The zero-order valence-corrected chi connectivity index (χ0v) is 15.3. The molecule has 1 fully saturated rings. The van der Waals surface area contributed by atoms with Crippen LogP contribution < -0.4 is 4.90 Å². The van der Waals surface area contributed by atoms with Gasteiger partial charge in [-0.1, -0.05) is 24.3 Å². The number of rotatable bonds is 4. The molecule has 3 heterocycles. The van der Waals surface area contributed by atoms with E-state index in [4.69, 9.17) is 4.42 Å². The molecule has 1 saturated heterocycles. The topological polar surface area (TPSA) is 62.5 Å². The smallest absolute Gasteiger partial charge is 0.227 e. The second-order valence-corrected chi connectivity index (χ2v) is 6.73. The molecular weight excluding hydrogens is 340 g/mol. The summed E-state index contributed by atoms with van der Waals surface area (Å²) in [5.74, 6) is 1.72. The van der Waals surface area contributed by atoms with Crippen molar-refractivity contribution in [3.05, 3.63) is 65.9 Å². The molecule has 2 aromatic heterocycles. The number of anilines is 1. The fourth-order valence-corrected chi connectivity index (χ4v) is 3.32. The monoisotopic (exact) mass is 362 g/mol. The molecule has 1 aromatic carbocycles. The molecule has 138 valence electrons. The van der Waals surface area contributed by atoms with Gasteiger partial charge in [0.05, 0.1) is 12.7 Å². The highest BCUT2D eigenvalue weighted by molar-refractivity contribution is 5.79.